The molecule has 28 heavy (non-hydrogen) atoms. The lowest BCUT2D eigenvalue weighted by molar-refractivity contribution is -0.193. The summed E-state index contributed by atoms with van der Waals surface area (Å²) in [5, 5.41) is 9.69. The Labute approximate surface area is 160 Å². The maximum atomic E-state index is 14.0. The van der Waals surface area contributed by atoms with Crippen molar-refractivity contribution >= 4 is 6.03 Å². The van der Waals surface area contributed by atoms with Gasteiger partial charge < -0.3 is 20.1 Å². The van der Waals surface area contributed by atoms with Crippen molar-refractivity contribution in [3.63, 3.8) is 0 Å². The minimum Gasteiger partial charge on any atom is -0.338 e. The van der Waals surface area contributed by atoms with Crippen molar-refractivity contribution in [3.05, 3.63) is 23.4 Å². The number of carbonyl (C=O) groups is 1. The summed E-state index contributed by atoms with van der Waals surface area (Å²) in [6.45, 7) is 1.64. The number of rotatable bonds is 5. The van der Waals surface area contributed by atoms with Crippen molar-refractivity contribution < 1.29 is 22.5 Å². The summed E-state index contributed by atoms with van der Waals surface area (Å²) in [7, 11) is 0. The van der Waals surface area contributed by atoms with E-state index in [1.165, 1.54) is 10.5 Å². The normalized spacial score (nSPS) is 25.7. The van der Waals surface area contributed by atoms with Crippen LogP contribution in [-0.4, -0.2) is 60.0 Å². The number of nitrogens with one attached hydrogen (secondary N) is 2. The van der Waals surface area contributed by atoms with E-state index in [0.29, 0.717) is 18.8 Å². The van der Waals surface area contributed by atoms with Gasteiger partial charge in [-0.25, -0.2) is 4.79 Å². The molecule has 1 aromatic heterocycles. The highest BCUT2D eigenvalue weighted by Crippen LogP contribution is 2.48. The molecule has 1 saturated carbocycles. The minimum atomic E-state index is -4.57. The molecule has 1 aromatic rings. The molecule has 1 saturated heterocycles. The van der Waals surface area contributed by atoms with Crippen molar-refractivity contribution in [2.24, 2.45) is 0 Å². The van der Waals surface area contributed by atoms with Crippen molar-refractivity contribution in [3.8, 4) is 0 Å². The Morgan fingerprint density at radius 1 is 1.43 bits per heavy atom. The van der Waals surface area contributed by atoms with E-state index < -0.39 is 30.1 Å². The van der Waals surface area contributed by atoms with E-state index in [1.807, 2.05) is 0 Å². The molecule has 1 atom stereocenters. The zero-order valence-electron chi connectivity index (χ0n) is 15.5. The molecular formula is C18H24F3N5O2. The molecule has 0 radical (unpaired) electrons. The second-order valence-corrected chi connectivity index (χ2v) is 7.78. The van der Waals surface area contributed by atoms with Crippen LogP contribution in [0.2, 0.25) is 0 Å². The molecule has 0 bridgehead atoms. The predicted octanol–water partition coefficient (Wildman–Crippen LogP) is 2.47. The molecule has 1 unspecified atom stereocenters. The van der Waals surface area contributed by atoms with Crippen LogP contribution >= 0.6 is 0 Å². The summed E-state index contributed by atoms with van der Waals surface area (Å²) in [4.78, 5) is 17.6. The number of hydrogen-bond acceptors (Lipinski definition) is 5. The third kappa shape index (κ3) is 3.74. The molecule has 1 aliphatic carbocycles. The summed E-state index contributed by atoms with van der Waals surface area (Å²) in [5.74, 6) is 0.0294. The standard InChI is InChI=1S/C18H24F3N5O2/c19-18(20,21)17(15-24-14(25-28-15)13-1-2-13)6-10-26(11-17)16(27)23-9-5-12-3-7-22-8-4-12/h3,13,22H,1-2,4-11H2,(H,23,27). The first kappa shape index (κ1) is 19.2. The number of aromatic nitrogens is 2. The third-order valence-electron chi connectivity index (χ3n) is 5.77. The fourth-order valence-electron chi connectivity index (χ4n) is 3.79. The van der Waals surface area contributed by atoms with Crippen LogP contribution in [0.25, 0.3) is 0 Å². The number of likely N-dealkylation sites (tertiary alicyclic amines) is 1. The largest absolute Gasteiger partial charge is 0.405 e. The maximum absolute atomic E-state index is 14.0. The summed E-state index contributed by atoms with van der Waals surface area (Å²) >= 11 is 0. The Morgan fingerprint density at radius 3 is 2.93 bits per heavy atom. The van der Waals surface area contributed by atoms with Gasteiger partial charge in [0.2, 0.25) is 5.89 Å². The van der Waals surface area contributed by atoms with Gasteiger partial charge in [-0.2, -0.15) is 18.2 Å². The first-order chi connectivity index (χ1) is 13.4. The van der Waals surface area contributed by atoms with Crippen LogP contribution in [0.3, 0.4) is 0 Å². The van der Waals surface area contributed by atoms with Gasteiger partial charge in [0.15, 0.2) is 11.2 Å². The van der Waals surface area contributed by atoms with E-state index in [9.17, 15) is 18.0 Å². The van der Waals surface area contributed by atoms with Crippen LogP contribution in [0.4, 0.5) is 18.0 Å². The number of hydrogen-bond donors (Lipinski definition) is 2. The quantitative estimate of drug-likeness (QED) is 0.744. The average molecular weight is 399 g/mol. The maximum Gasteiger partial charge on any atom is 0.405 e. The monoisotopic (exact) mass is 399 g/mol. The highest BCUT2D eigenvalue weighted by atomic mass is 19.4. The molecule has 7 nitrogen and oxygen atoms in total. The van der Waals surface area contributed by atoms with Gasteiger partial charge in [0.1, 0.15) is 0 Å². The highest BCUT2D eigenvalue weighted by Gasteiger charge is 2.63. The number of carbonyl (C=O) groups excluding carboxylic acids is 1. The second-order valence-electron chi connectivity index (χ2n) is 7.78. The molecule has 2 fully saturated rings. The van der Waals surface area contributed by atoms with Crippen molar-refractivity contribution in [2.75, 3.05) is 32.7 Å². The first-order valence-electron chi connectivity index (χ1n) is 9.71. The van der Waals surface area contributed by atoms with Crippen molar-refractivity contribution in [1.29, 1.82) is 0 Å². The number of alkyl halides is 3. The SMILES string of the molecule is O=C(NCCC1=CCNCC1)N1CCC(c2nc(C3CC3)no2)(C(F)(F)F)C1. The van der Waals surface area contributed by atoms with Crippen LogP contribution in [-0.2, 0) is 5.41 Å². The van der Waals surface area contributed by atoms with E-state index in [0.717, 1.165) is 32.4 Å². The Bertz CT molecular complexity index is 759. The first-order valence-corrected chi connectivity index (χ1v) is 9.71. The van der Waals surface area contributed by atoms with E-state index in [-0.39, 0.29) is 18.9 Å². The Balaban J connectivity index is 1.40. The van der Waals surface area contributed by atoms with E-state index in [2.05, 4.69) is 26.9 Å². The fraction of sp³-hybridized carbons (Fsp3) is 0.722. The molecule has 154 valence electrons. The third-order valence-corrected chi connectivity index (χ3v) is 5.77. The van der Waals surface area contributed by atoms with E-state index in [1.54, 1.807) is 0 Å². The smallest absolute Gasteiger partial charge is 0.338 e. The van der Waals surface area contributed by atoms with Gasteiger partial charge >= 0.3 is 12.2 Å². The number of amides is 2. The number of nitrogens with zero attached hydrogens (tertiary/aromatic N) is 3. The van der Waals surface area contributed by atoms with Crippen LogP contribution in [0.1, 0.15) is 49.7 Å². The van der Waals surface area contributed by atoms with Crippen LogP contribution in [0.5, 0.6) is 0 Å². The van der Waals surface area contributed by atoms with Gasteiger partial charge in [-0.15, -0.1) is 0 Å². The molecule has 0 spiro atoms. The molecule has 3 aliphatic rings. The molecule has 3 heterocycles. The summed E-state index contributed by atoms with van der Waals surface area (Å²) in [5.41, 5.74) is -1.04. The van der Waals surface area contributed by atoms with Gasteiger partial charge in [-0.05, 0) is 38.6 Å². The molecular weight excluding hydrogens is 375 g/mol. The topological polar surface area (TPSA) is 83.3 Å². The summed E-state index contributed by atoms with van der Waals surface area (Å²) in [6, 6.07) is -0.484. The molecule has 4 rings (SSSR count). The lowest BCUT2D eigenvalue weighted by atomic mass is 9.86. The highest BCUT2D eigenvalue weighted by molar-refractivity contribution is 5.74. The Kier molecular flexibility index (Phi) is 5.07. The summed E-state index contributed by atoms with van der Waals surface area (Å²) in [6.07, 6.45) is 0.630. The second kappa shape index (κ2) is 7.38. The molecule has 0 aromatic carbocycles. The van der Waals surface area contributed by atoms with Crippen molar-refractivity contribution in [1.82, 2.24) is 25.7 Å². The lowest BCUT2D eigenvalue weighted by Crippen LogP contribution is -2.47. The van der Waals surface area contributed by atoms with Crippen LogP contribution < -0.4 is 10.6 Å². The number of halogens is 3. The average Bonchev–Trinajstić information content (AvgIpc) is 3.20. The zero-order valence-corrected chi connectivity index (χ0v) is 15.5. The molecule has 2 N–H and O–H groups in total. The van der Waals surface area contributed by atoms with Crippen LogP contribution in [0, 0.1) is 0 Å². The molecule has 2 amide bonds. The predicted molar refractivity (Wildman–Crippen MR) is 93.8 cm³/mol. The zero-order chi connectivity index (χ0) is 19.8. The van der Waals surface area contributed by atoms with Crippen molar-refractivity contribution in [2.45, 2.75) is 49.6 Å². The fourth-order valence-corrected chi connectivity index (χ4v) is 3.79. The molecule has 10 heteroatoms. The minimum absolute atomic E-state index is 0.000891. The van der Waals surface area contributed by atoms with Crippen LogP contribution in [0.15, 0.2) is 16.2 Å². The van der Waals surface area contributed by atoms with E-state index >= 15 is 0 Å². The number of urea groups is 1. The summed E-state index contributed by atoms with van der Waals surface area (Å²) < 4.78 is 46.9. The van der Waals surface area contributed by atoms with Gasteiger partial charge in [-0.3, -0.25) is 0 Å². The molecule has 2 aliphatic heterocycles. The lowest BCUT2D eigenvalue weighted by Gasteiger charge is -2.28. The Hall–Kier alpha value is -2.10. The van der Waals surface area contributed by atoms with Gasteiger partial charge in [0.05, 0.1) is 0 Å². The van der Waals surface area contributed by atoms with Gasteiger partial charge in [-0.1, -0.05) is 16.8 Å². The van der Waals surface area contributed by atoms with Gasteiger partial charge in [0.25, 0.3) is 0 Å². The Morgan fingerprint density at radius 2 is 2.25 bits per heavy atom. The van der Waals surface area contributed by atoms with Gasteiger partial charge in [0, 0.05) is 32.1 Å². The van der Waals surface area contributed by atoms with E-state index in [4.69, 9.17) is 4.52 Å².